The molecule has 1 rings (SSSR count). The number of hydrogen-bond donors (Lipinski definition) is 0. The van der Waals surface area contributed by atoms with Crippen molar-refractivity contribution < 1.29 is 14.5 Å². The molecular formula is C10H11NO4. The molecule has 0 unspecified atom stereocenters. The van der Waals surface area contributed by atoms with Gasteiger partial charge in [0.1, 0.15) is 6.29 Å². The Labute approximate surface area is 86.8 Å². The van der Waals surface area contributed by atoms with Gasteiger partial charge >= 0.3 is 5.69 Å². The first-order valence-corrected chi connectivity index (χ1v) is 4.45. The highest BCUT2D eigenvalue weighted by Crippen LogP contribution is 2.28. The summed E-state index contributed by atoms with van der Waals surface area (Å²) in [7, 11) is 0. The molecule has 0 heterocycles. The SMILES string of the molecule is CC(C)Oc1cc(C=O)ccc1[N+](=O)[O-]. The van der Waals surface area contributed by atoms with Crippen molar-refractivity contribution in [1.82, 2.24) is 0 Å². The molecule has 0 saturated carbocycles. The van der Waals surface area contributed by atoms with Crippen LogP contribution in [0.2, 0.25) is 0 Å². The minimum atomic E-state index is -0.535. The average Bonchev–Trinajstić information content (AvgIpc) is 2.16. The van der Waals surface area contributed by atoms with Crippen molar-refractivity contribution in [2.75, 3.05) is 0 Å². The fraction of sp³-hybridized carbons (Fsp3) is 0.300. The second kappa shape index (κ2) is 4.54. The minimum absolute atomic E-state index is 0.125. The van der Waals surface area contributed by atoms with Crippen LogP contribution in [-0.2, 0) is 0 Å². The van der Waals surface area contributed by atoms with Gasteiger partial charge in [-0.2, -0.15) is 0 Å². The summed E-state index contributed by atoms with van der Waals surface area (Å²) < 4.78 is 5.25. The molecule has 15 heavy (non-hydrogen) atoms. The van der Waals surface area contributed by atoms with Crippen LogP contribution in [0.3, 0.4) is 0 Å². The van der Waals surface area contributed by atoms with E-state index < -0.39 is 4.92 Å². The second-order valence-corrected chi connectivity index (χ2v) is 3.27. The maximum absolute atomic E-state index is 10.6. The number of hydrogen-bond acceptors (Lipinski definition) is 4. The van der Waals surface area contributed by atoms with E-state index in [1.165, 1.54) is 18.2 Å². The number of benzene rings is 1. The first-order chi connectivity index (χ1) is 7.04. The second-order valence-electron chi connectivity index (χ2n) is 3.27. The Morgan fingerprint density at radius 3 is 2.60 bits per heavy atom. The molecule has 0 fully saturated rings. The number of nitro groups is 1. The molecule has 0 aliphatic rings. The number of nitrogens with zero attached hydrogens (tertiary/aromatic N) is 1. The lowest BCUT2D eigenvalue weighted by molar-refractivity contribution is -0.386. The Hall–Kier alpha value is -1.91. The van der Waals surface area contributed by atoms with Crippen LogP contribution < -0.4 is 4.74 Å². The largest absolute Gasteiger partial charge is 0.484 e. The van der Waals surface area contributed by atoms with Gasteiger partial charge < -0.3 is 4.74 Å². The van der Waals surface area contributed by atoms with Gasteiger partial charge in [-0.15, -0.1) is 0 Å². The van der Waals surface area contributed by atoms with Crippen LogP contribution in [0.1, 0.15) is 24.2 Å². The molecule has 0 aromatic heterocycles. The molecule has 0 bridgehead atoms. The van der Waals surface area contributed by atoms with E-state index >= 15 is 0 Å². The normalized spacial score (nSPS) is 10.1. The van der Waals surface area contributed by atoms with Gasteiger partial charge in [-0.25, -0.2) is 0 Å². The van der Waals surface area contributed by atoms with E-state index in [-0.39, 0.29) is 17.5 Å². The highest BCUT2D eigenvalue weighted by Gasteiger charge is 2.16. The van der Waals surface area contributed by atoms with Crippen molar-refractivity contribution in [2.45, 2.75) is 20.0 Å². The Morgan fingerprint density at radius 2 is 2.13 bits per heavy atom. The van der Waals surface area contributed by atoms with Gasteiger partial charge in [-0.1, -0.05) is 0 Å². The third-order valence-corrected chi connectivity index (χ3v) is 1.68. The lowest BCUT2D eigenvalue weighted by Gasteiger charge is -2.09. The van der Waals surface area contributed by atoms with E-state index in [1.54, 1.807) is 13.8 Å². The quantitative estimate of drug-likeness (QED) is 0.433. The van der Waals surface area contributed by atoms with Gasteiger partial charge in [0.05, 0.1) is 11.0 Å². The van der Waals surface area contributed by atoms with Crippen molar-refractivity contribution in [3.05, 3.63) is 33.9 Å². The van der Waals surface area contributed by atoms with Crippen molar-refractivity contribution in [2.24, 2.45) is 0 Å². The summed E-state index contributed by atoms with van der Waals surface area (Å²) in [5.41, 5.74) is 0.227. The van der Waals surface area contributed by atoms with Crippen LogP contribution in [-0.4, -0.2) is 17.3 Å². The molecule has 0 aliphatic heterocycles. The molecule has 0 aliphatic carbocycles. The molecule has 0 atom stereocenters. The fourth-order valence-electron chi connectivity index (χ4n) is 1.10. The number of carbonyl (C=O) groups excluding carboxylic acids is 1. The Balaban J connectivity index is 3.16. The van der Waals surface area contributed by atoms with Gasteiger partial charge in [-0.3, -0.25) is 14.9 Å². The monoisotopic (exact) mass is 209 g/mol. The zero-order valence-electron chi connectivity index (χ0n) is 8.47. The van der Waals surface area contributed by atoms with Crippen molar-refractivity contribution in [3.63, 3.8) is 0 Å². The molecule has 5 heteroatoms. The van der Waals surface area contributed by atoms with Gasteiger partial charge in [0, 0.05) is 11.6 Å². The highest BCUT2D eigenvalue weighted by molar-refractivity contribution is 5.76. The molecule has 0 N–H and O–H groups in total. The summed E-state index contributed by atoms with van der Waals surface area (Å²) in [5, 5.41) is 10.6. The zero-order chi connectivity index (χ0) is 11.4. The third kappa shape index (κ3) is 2.77. The summed E-state index contributed by atoms with van der Waals surface area (Å²) in [6, 6.07) is 4.02. The molecule has 0 radical (unpaired) electrons. The van der Waals surface area contributed by atoms with Crippen molar-refractivity contribution in [1.29, 1.82) is 0 Å². The first-order valence-electron chi connectivity index (χ1n) is 4.45. The van der Waals surface area contributed by atoms with Crippen molar-refractivity contribution in [3.8, 4) is 5.75 Å². The maximum Gasteiger partial charge on any atom is 0.310 e. The molecule has 1 aromatic carbocycles. The Kier molecular flexibility index (Phi) is 3.38. The van der Waals surface area contributed by atoms with Gasteiger partial charge in [-0.05, 0) is 26.0 Å². The number of carbonyl (C=O) groups is 1. The summed E-state index contributed by atoms with van der Waals surface area (Å²) in [6.45, 7) is 3.52. The fourth-order valence-corrected chi connectivity index (χ4v) is 1.10. The Morgan fingerprint density at radius 1 is 1.47 bits per heavy atom. The van der Waals surface area contributed by atoms with Crippen LogP contribution in [0.4, 0.5) is 5.69 Å². The van der Waals surface area contributed by atoms with Crippen LogP contribution in [0.25, 0.3) is 0 Å². The van der Waals surface area contributed by atoms with Crippen LogP contribution in [0.15, 0.2) is 18.2 Å². The standard InChI is InChI=1S/C10H11NO4/c1-7(2)15-10-5-8(6-12)3-4-9(10)11(13)14/h3-7H,1-2H3. The molecular weight excluding hydrogens is 198 g/mol. The lowest BCUT2D eigenvalue weighted by atomic mass is 10.2. The van der Waals surface area contributed by atoms with Gasteiger partial charge in [0.2, 0.25) is 0 Å². The summed E-state index contributed by atoms with van der Waals surface area (Å²) in [5.74, 6) is 0.125. The molecule has 0 saturated heterocycles. The van der Waals surface area contributed by atoms with Gasteiger partial charge in [0.25, 0.3) is 0 Å². The smallest absolute Gasteiger partial charge is 0.310 e. The van der Waals surface area contributed by atoms with Crippen LogP contribution in [0, 0.1) is 10.1 Å². The summed E-state index contributed by atoms with van der Waals surface area (Å²) >= 11 is 0. The van der Waals surface area contributed by atoms with E-state index in [2.05, 4.69) is 0 Å². The van der Waals surface area contributed by atoms with Gasteiger partial charge in [0.15, 0.2) is 5.75 Å². The highest BCUT2D eigenvalue weighted by atomic mass is 16.6. The number of ether oxygens (including phenoxy) is 1. The number of aldehydes is 1. The molecule has 80 valence electrons. The molecule has 1 aromatic rings. The predicted molar refractivity (Wildman–Crippen MR) is 54.2 cm³/mol. The predicted octanol–water partition coefficient (Wildman–Crippen LogP) is 2.19. The van der Waals surface area contributed by atoms with Crippen LogP contribution >= 0.6 is 0 Å². The average molecular weight is 209 g/mol. The summed E-state index contributed by atoms with van der Waals surface area (Å²) in [4.78, 5) is 20.6. The van der Waals surface area contributed by atoms with E-state index in [0.717, 1.165) is 0 Å². The lowest BCUT2D eigenvalue weighted by Crippen LogP contribution is -2.07. The number of rotatable bonds is 4. The molecule has 0 spiro atoms. The topological polar surface area (TPSA) is 69.4 Å². The summed E-state index contributed by atoms with van der Waals surface area (Å²) in [6.07, 6.45) is 0.447. The molecule has 0 amide bonds. The zero-order valence-corrected chi connectivity index (χ0v) is 8.47. The minimum Gasteiger partial charge on any atom is -0.484 e. The van der Waals surface area contributed by atoms with E-state index in [9.17, 15) is 14.9 Å². The van der Waals surface area contributed by atoms with Crippen LogP contribution in [0.5, 0.6) is 5.75 Å². The van der Waals surface area contributed by atoms with E-state index in [4.69, 9.17) is 4.74 Å². The molecule has 5 nitrogen and oxygen atoms in total. The van der Waals surface area contributed by atoms with Crippen molar-refractivity contribution >= 4 is 12.0 Å². The first kappa shape index (κ1) is 11.2. The maximum atomic E-state index is 10.6. The van der Waals surface area contributed by atoms with E-state index in [1.807, 2.05) is 0 Å². The number of nitro benzene ring substituents is 1. The Bertz CT molecular complexity index is 387. The third-order valence-electron chi connectivity index (χ3n) is 1.68. The van der Waals surface area contributed by atoms with E-state index in [0.29, 0.717) is 11.8 Å².